The molecule has 2 N–H and O–H groups in total. The SMILES string of the molecule is CC1(C)O[C@H]2O[C@H](CCl)[C@@H](O)[C@@H](O)[C@H]2O1. The highest BCUT2D eigenvalue weighted by Crippen LogP contribution is 2.36. The van der Waals surface area contributed by atoms with Crippen LogP contribution in [0.4, 0.5) is 0 Å². The third-order valence-electron chi connectivity index (χ3n) is 2.62. The van der Waals surface area contributed by atoms with Crippen molar-refractivity contribution in [3.05, 3.63) is 0 Å². The molecule has 0 aromatic heterocycles. The van der Waals surface area contributed by atoms with Crippen molar-refractivity contribution < 1.29 is 24.4 Å². The van der Waals surface area contributed by atoms with Crippen molar-refractivity contribution in [3.8, 4) is 0 Å². The number of rotatable bonds is 1. The average Bonchev–Trinajstić information content (AvgIpc) is 2.47. The first-order valence-electron chi connectivity index (χ1n) is 4.88. The summed E-state index contributed by atoms with van der Waals surface area (Å²) < 4.78 is 16.2. The molecule has 2 fully saturated rings. The number of hydrogen-bond donors (Lipinski definition) is 2. The van der Waals surface area contributed by atoms with Crippen LogP contribution in [0.25, 0.3) is 0 Å². The Morgan fingerprint density at radius 3 is 2.47 bits per heavy atom. The van der Waals surface area contributed by atoms with Gasteiger partial charge in [0.15, 0.2) is 12.1 Å². The van der Waals surface area contributed by atoms with Crippen LogP contribution in [0.1, 0.15) is 13.8 Å². The molecular weight excluding hydrogens is 224 g/mol. The first-order chi connectivity index (χ1) is 6.94. The Morgan fingerprint density at radius 1 is 1.20 bits per heavy atom. The van der Waals surface area contributed by atoms with E-state index in [1.807, 2.05) is 0 Å². The highest BCUT2D eigenvalue weighted by Gasteiger charge is 2.53. The number of halogens is 1. The maximum atomic E-state index is 9.79. The van der Waals surface area contributed by atoms with E-state index < -0.39 is 36.5 Å². The predicted molar refractivity (Wildman–Crippen MR) is 51.4 cm³/mol. The molecule has 0 amide bonds. The molecule has 5 atom stereocenters. The quantitative estimate of drug-likeness (QED) is 0.621. The van der Waals surface area contributed by atoms with Gasteiger partial charge in [0.05, 0.1) is 5.88 Å². The average molecular weight is 239 g/mol. The van der Waals surface area contributed by atoms with Gasteiger partial charge in [-0.15, -0.1) is 11.6 Å². The Kier molecular flexibility index (Phi) is 2.96. The molecule has 2 rings (SSSR count). The molecule has 2 saturated heterocycles. The number of aliphatic hydroxyl groups excluding tert-OH is 2. The van der Waals surface area contributed by atoms with E-state index in [9.17, 15) is 10.2 Å². The molecule has 0 radical (unpaired) electrons. The van der Waals surface area contributed by atoms with E-state index in [1.54, 1.807) is 13.8 Å². The molecule has 0 aromatic rings. The summed E-state index contributed by atoms with van der Waals surface area (Å²) in [5.41, 5.74) is 0. The van der Waals surface area contributed by atoms with Gasteiger partial charge in [0.1, 0.15) is 24.4 Å². The van der Waals surface area contributed by atoms with Gasteiger partial charge in [0.2, 0.25) is 0 Å². The normalized spacial score (nSPS) is 49.0. The van der Waals surface area contributed by atoms with Crippen LogP contribution in [0.3, 0.4) is 0 Å². The van der Waals surface area contributed by atoms with Gasteiger partial charge in [-0.25, -0.2) is 0 Å². The van der Waals surface area contributed by atoms with E-state index >= 15 is 0 Å². The third kappa shape index (κ3) is 2.00. The summed E-state index contributed by atoms with van der Waals surface area (Å²) in [6, 6.07) is 0. The van der Waals surface area contributed by atoms with E-state index in [4.69, 9.17) is 25.8 Å². The van der Waals surface area contributed by atoms with Crippen LogP contribution in [0, 0.1) is 0 Å². The second-order valence-electron chi connectivity index (χ2n) is 4.28. The Hall–Kier alpha value is 0.0900. The fraction of sp³-hybridized carbons (Fsp3) is 1.00. The summed E-state index contributed by atoms with van der Waals surface area (Å²) in [7, 11) is 0. The van der Waals surface area contributed by atoms with Gasteiger partial charge < -0.3 is 24.4 Å². The van der Waals surface area contributed by atoms with E-state index in [-0.39, 0.29) is 5.88 Å². The van der Waals surface area contributed by atoms with Crippen molar-refractivity contribution in [3.63, 3.8) is 0 Å². The topological polar surface area (TPSA) is 68.2 Å². The maximum absolute atomic E-state index is 9.79. The second kappa shape index (κ2) is 3.84. The molecule has 0 bridgehead atoms. The summed E-state index contributed by atoms with van der Waals surface area (Å²) in [6.07, 6.45) is -4.02. The van der Waals surface area contributed by atoms with Crippen molar-refractivity contribution in [2.45, 2.75) is 50.3 Å². The fourth-order valence-corrected chi connectivity index (χ4v) is 2.14. The fourth-order valence-electron chi connectivity index (χ4n) is 1.89. The minimum atomic E-state index is -1.04. The Balaban J connectivity index is 2.13. The monoisotopic (exact) mass is 238 g/mol. The van der Waals surface area contributed by atoms with Gasteiger partial charge >= 0.3 is 0 Å². The van der Waals surface area contributed by atoms with Crippen molar-refractivity contribution >= 4 is 11.6 Å². The van der Waals surface area contributed by atoms with Crippen LogP contribution in [0.15, 0.2) is 0 Å². The molecule has 88 valence electrons. The van der Waals surface area contributed by atoms with Crippen LogP contribution in [0.5, 0.6) is 0 Å². The molecule has 2 heterocycles. The number of alkyl halides is 1. The number of fused-ring (bicyclic) bond motifs is 1. The maximum Gasteiger partial charge on any atom is 0.190 e. The minimum Gasteiger partial charge on any atom is -0.388 e. The summed E-state index contributed by atoms with van der Waals surface area (Å²) in [6.45, 7) is 3.45. The molecule has 0 unspecified atom stereocenters. The lowest BCUT2D eigenvalue weighted by atomic mass is 10.0. The molecule has 6 heteroatoms. The second-order valence-corrected chi connectivity index (χ2v) is 4.59. The molecule has 5 nitrogen and oxygen atoms in total. The molecule has 0 spiro atoms. The van der Waals surface area contributed by atoms with Crippen LogP contribution in [-0.4, -0.2) is 52.6 Å². The zero-order valence-electron chi connectivity index (χ0n) is 8.59. The van der Waals surface area contributed by atoms with Gasteiger partial charge in [0.25, 0.3) is 0 Å². The summed E-state index contributed by atoms with van der Waals surface area (Å²) in [5, 5.41) is 19.4. The number of aliphatic hydroxyl groups is 2. The molecule has 15 heavy (non-hydrogen) atoms. The molecular formula is C9H15ClO5. The van der Waals surface area contributed by atoms with Crippen LogP contribution >= 0.6 is 11.6 Å². The number of ether oxygens (including phenoxy) is 3. The predicted octanol–water partition coefficient (Wildman–Crippen LogP) is -0.177. The van der Waals surface area contributed by atoms with Crippen LogP contribution in [0.2, 0.25) is 0 Å². The standard InChI is InChI=1S/C9H15ClO5/c1-9(2)14-7-6(12)5(11)4(3-10)13-8(7)15-9/h4-8,11-12H,3H2,1-2H3/t4-,5-,6-,7-,8-/m1/s1. The van der Waals surface area contributed by atoms with Gasteiger partial charge in [-0.2, -0.15) is 0 Å². The molecule has 0 saturated carbocycles. The van der Waals surface area contributed by atoms with Gasteiger partial charge in [-0.3, -0.25) is 0 Å². The van der Waals surface area contributed by atoms with E-state index in [1.165, 1.54) is 0 Å². The van der Waals surface area contributed by atoms with Crippen molar-refractivity contribution in [2.24, 2.45) is 0 Å². The van der Waals surface area contributed by atoms with Crippen molar-refractivity contribution in [2.75, 3.05) is 5.88 Å². The number of hydrogen-bond acceptors (Lipinski definition) is 5. The van der Waals surface area contributed by atoms with Gasteiger partial charge in [-0.1, -0.05) is 0 Å². The highest BCUT2D eigenvalue weighted by molar-refractivity contribution is 6.18. The third-order valence-corrected chi connectivity index (χ3v) is 2.92. The van der Waals surface area contributed by atoms with E-state index in [0.29, 0.717) is 0 Å². The highest BCUT2D eigenvalue weighted by atomic mass is 35.5. The Bertz CT molecular complexity index is 247. The Morgan fingerprint density at radius 2 is 1.87 bits per heavy atom. The summed E-state index contributed by atoms with van der Waals surface area (Å²) >= 11 is 5.61. The van der Waals surface area contributed by atoms with Crippen LogP contribution < -0.4 is 0 Å². The van der Waals surface area contributed by atoms with Crippen molar-refractivity contribution in [1.29, 1.82) is 0 Å². The van der Waals surface area contributed by atoms with Gasteiger partial charge in [0, 0.05) is 0 Å². The molecule has 2 aliphatic rings. The lowest BCUT2D eigenvalue weighted by molar-refractivity contribution is -0.244. The first-order valence-corrected chi connectivity index (χ1v) is 5.41. The lowest BCUT2D eigenvalue weighted by Crippen LogP contribution is -2.56. The molecule has 2 aliphatic heterocycles. The Labute approximate surface area is 92.9 Å². The lowest BCUT2D eigenvalue weighted by Gasteiger charge is -2.36. The summed E-state index contributed by atoms with van der Waals surface area (Å²) in [5.74, 6) is -0.706. The van der Waals surface area contributed by atoms with E-state index in [0.717, 1.165) is 0 Å². The van der Waals surface area contributed by atoms with E-state index in [2.05, 4.69) is 0 Å². The molecule has 0 aromatic carbocycles. The van der Waals surface area contributed by atoms with Crippen LogP contribution in [-0.2, 0) is 14.2 Å². The zero-order valence-corrected chi connectivity index (χ0v) is 9.35. The minimum absolute atomic E-state index is 0.102. The van der Waals surface area contributed by atoms with Crippen molar-refractivity contribution in [1.82, 2.24) is 0 Å². The largest absolute Gasteiger partial charge is 0.388 e. The van der Waals surface area contributed by atoms with Gasteiger partial charge in [-0.05, 0) is 13.8 Å². The smallest absolute Gasteiger partial charge is 0.190 e. The first kappa shape index (κ1) is 11.6. The molecule has 0 aliphatic carbocycles. The summed E-state index contributed by atoms with van der Waals surface area (Å²) in [4.78, 5) is 0. The zero-order chi connectivity index (χ0) is 11.2.